The lowest BCUT2D eigenvalue weighted by Crippen LogP contribution is -2.05. The van der Waals surface area contributed by atoms with Crippen molar-refractivity contribution in [3.05, 3.63) is 11.8 Å². The van der Waals surface area contributed by atoms with Crippen LogP contribution < -0.4 is 0 Å². The Morgan fingerprint density at radius 1 is 1.33 bits per heavy atom. The monoisotopic (exact) mass is 238 g/mol. The van der Waals surface area contributed by atoms with Crippen LogP contribution in [0.15, 0.2) is 11.8 Å². The maximum absolute atomic E-state index is 11.4. The second kappa shape index (κ2) is 6.61. The molecular formula is C8H15O6P. The molecule has 0 N–H and O–H groups in total. The van der Waals surface area contributed by atoms with Crippen LogP contribution in [0.1, 0.15) is 13.8 Å². The lowest BCUT2D eigenvalue weighted by Gasteiger charge is -2.11. The van der Waals surface area contributed by atoms with E-state index in [1.165, 1.54) is 21.1 Å². The van der Waals surface area contributed by atoms with Crippen molar-refractivity contribution in [2.75, 3.05) is 20.8 Å². The molecule has 0 atom stereocenters. The number of rotatable bonds is 6. The topological polar surface area (TPSA) is 71.1 Å². The molecule has 0 spiro atoms. The summed E-state index contributed by atoms with van der Waals surface area (Å²) in [6.45, 7) is 3.41. The zero-order valence-corrected chi connectivity index (χ0v) is 10.1. The molecule has 0 fully saturated rings. The molecule has 0 unspecified atom stereocenters. The summed E-state index contributed by atoms with van der Waals surface area (Å²) >= 11 is 0. The molecule has 0 rings (SSSR count). The smallest absolute Gasteiger partial charge is 0.463 e. The van der Waals surface area contributed by atoms with Gasteiger partial charge in [0.25, 0.3) is 0 Å². The van der Waals surface area contributed by atoms with E-state index in [9.17, 15) is 9.36 Å². The second-order valence-electron chi connectivity index (χ2n) is 2.44. The summed E-state index contributed by atoms with van der Waals surface area (Å²) in [7, 11) is -1.22. The molecule has 15 heavy (non-hydrogen) atoms. The summed E-state index contributed by atoms with van der Waals surface area (Å²) in [5.41, 5.74) is 0.172. The molecule has 0 radical (unpaired) electrons. The van der Waals surface area contributed by atoms with Crippen molar-refractivity contribution in [1.82, 2.24) is 0 Å². The Balaban J connectivity index is 4.39. The lowest BCUT2D eigenvalue weighted by molar-refractivity contribution is -0.138. The molecule has 0 saturated carbocycles. The van der Waals surface area contributed by atoms with Gasteiger partial charge in [-0.2, -0.15) is 0 Å². The summed E-state index contributed by atoms with van der Waals surface area (Å²) in [6.07, 6.45) is 0.992. The zero-order valence-electron chi connectivity index (χ0n) is 9.18. The quantitative estimate of drug-likeness (QED) is 0.304. The van der Waals surface area contributed by atoms with Gasteiger partial charge in [0.05, 0.1) is 12.2 Å². The van der Waals surface area contributed by atoms with E-state index in [0.717, 1.165) is 6.26 Å². The molecule has 0 aliphatic rings. The number of phosphoric acid groups is 1. The van der Waals surface area contributed by atoms with Gasteiger partial charge in [0.2, 0.25) is 0 Å². The van der Waals surface area contributed by atoms with Gasteiger partial charge in [-0.15, -0.1) is 0 Å². The standard InChI is InChI=1S/C8H15O6P/c1-5-13-8(9)7(2)6-14-15(10,11-3)12-4/h6H,5H2,1-4H3. The van der Waals surface area contributed by atoms with Crippen LogP contribution in [0.25, 0.3) is 0 Å². The fourth-order valence-corrected chi connectivity index (χ4v) is 1.21. The van der Waals surface area contributed by atoms with Gasteiger partial charge in [0.1, 0.15) is 6.26 Å². The minimum Gasteiger partial charge on any atom is -0.463 e. The van der Waals surface area contributed by atoms with Crippen LogP contribution in [-0.4, -0.2) is 26.8 Å². The van der Waals surface area contributed by atoms with E-state index in [1.807, 2.05) is 0 Å². The third-order valence-electron chi connectivity index (χ3n) is 1.40. The highest BCUT2D eigenvalue weighted by Crippen LogP contribution is 2.47. The van der Waals surface area contributed by atoms with Gasteiger partial charge in [-0.05, 0) is 13.8 Å². The molecule has 0 amide bonds. The third kappa shape index (κ3) is 4.97. The fraction of sp³-hybridized carbons (Fsp3) is 0.625. The van der Waals surface area contributed by atoms with E-state index in [4.69, 9.17) is 4.52 Å². The van der Waals surface area contributed by atoms with E-state index < -0.39 is 13.8 Å². The molecule has 6 nitrogen and oxygen atoms in total. The second-order valence-corrected chi connectivity index (χ2v) is 4.27. The van der Waals surface area contributed by atoms with Crippen LogP contribution in [0, 0.1) is 0 Å². The lowest BCUT2D eigenvalue weighted by atomic mass is 10.3. The molecule has 0 aromatic rings. The van der Waals surface area contributed by atoms with Crippen LogP contribution in [0.4, 0.5) is 0 Å². The number of carbonyl (C=O) groups excluding carboxylic acids is 1. The number of hydrogen-bond acceptors (Lipinski definition) is 6. The van der Waals surface area contributed by atoms with Gasteiger partial charge in [0.15, 0.2) is 0 Å². The van der Waals surface area contributed by atoms with Gasteiger partial charge in [0, 0.05) is 14.2 Å². The predicted octanol–water partition coefficient (Wildman–Crippen LogP) is 1.87. The van der Waals surface area contributed by atoms with Gasteiger partial charge in [-0.3, -0.25) is 9.05 Å². The van der Waals surface area contributed by atoms with E-state index in [1.54, 1.807) is 6.92 Å². The molecule has 7 heteroatoms. The Bertz CT molecular complexity index is 277. The molecule has 0 aromatic heterocycles. The van der Waals surface area contributed by atoms with Crippen molar-refractivity contribution in [3.8, 4) is 0 Å². The van der Waals surface area contributed by atoms with Crippen LogP contribution in [0.5, 0.6) is 0 Å². The SMILES string of the molecule is CCOC(=O)C(C)=COP(=O)(OC)OC. The molecular weight excluding hydrogens is 223 g/mol. The van der Waals surface area contributed by atoms with Crippen molar-refractivity contribution in [2.24, 2.45) is 0 Å². The number of carbonyl (C=O) groups is 1. The number of ether oxygens (including phenoxy) is 1. The predicted molar refractivity (Wildman–Crippen MR) is 53.1 cm³/mol. The summed E-state index contributed by atoms with van der Waals surface area (Å²) < 4.78 is 29.7. The number of hydrogen-bond donors (Lipinski definition) is 0. The van der Waals surface area contributed by atoms with E-state index in [-0.39, 0.29) is 12.2 Å². The molecule has 0 aromatic carbocycles. The van der Waals surface area contributed by atoms with Crippen LogP contribution >= 0.6 is 7.82 Å². The van der Waals surface area contributed by atoms with Crippen molar-refractivity contribution in [1.29, 1.82) is 0 Å². The molecule has 88 valence electrons. The molecule has 0 saturated heterocycles. The normalized spacial score (nSPS) is 12.4. The molecule has 0 aliphatic heterocycles. The molecule has 0 aliphatic carbocycles. The van der Waals surface area contributed by atoms with Crippen LogP contribution in [0.3, 0.4) is 0 Å². The maximum Gasteiger partial charge on any atom is 0.528 e. The van der Waals surface area contributed by atoms with E-state index >= 15 is 0 Å². The summed E-state index contributed by atoms with van der Waals surface area (Å²) in [5.74, 6) is -0.545. The molecule has 0 bridgehead atoms. The van der Waals surface area contributed by atoms with Crippen LogP contribution in [0.2, 0.25) is 0 Å². The van der Waals surface area contributed by atoms with Gasteiger partial charge < -0.3 is 9.26 Å². The minimum atomic E-state index is -3.58. The number of phosphoric ester groups is 1. The van der Waals surface area contributed by atoms with Gasteiger partial charge >= 0.3 is 13.8 Å². The Morgan fingerprint density at radius 3 is 2.27 bits per heavy atom. The van der Waals surface area contributed by atoms with Gasteiger partial charge in [-0.25, -0.2) is 9.36 Å². The number of esters is 1. The fourth-order valence-electron chi connectivity index (χ4n) is 0.597. The van der Waals surface area contributed by atoms with Crippen molar-refractivity contribution in [3.63, 3.8) is 0 Å². The first-order chi connectivity index (χ1) is 6.99. The average Bonchev–Trinajstić information content (AvgIpc) is 2.25. The Kier molecular flexibility index (Phi) is 6.24. The Morgan fingerprint density at radius 2 is 1.87 bits per heavy atom. The van der Waals surface area contributed by atoms with Crippen molar-refractivity contribution < 1.29 is 27.7 Å². The van der Waals surface area contributed by atoms with Crippen molar-refractivity contribution in [2.45, 2.75) is 13.8 Å². The zero-order chi connectivity index (χ0) is 11.9. The van der Waals surface area contributed by atoms with E-state index in [2.05, 4.69) is 13.8 Å². The minimum absolute atomic E-state index is 0.172. The van der Waals surface area contributed by atoms with Crippen LogP contribution in [-0.2, 0) is 27.7 Å². The summed E-state index contributed by atoms with van der Waals surface area (Å²) in [5, 5.41) is 0. The van der Waals surface area contributed by atoms with Gasteiger partial charge in [-0.1, -0.05) is 0 Å². The summed E-state index contributed by atoms with van der Waals surface area (Å²) in [6, 6.07) is 0. The highest BCUT2D eigenvalue weighted by molar-refractivity contribution is 7.48. The first-order valence-electron chi connectivity index (χ1n) is 4.23. The summed E-state index contributed by atoms with van der Waals surface area (Å²) in [4.78, 5) is 11.1. The van der Waals surface area contributed by atoms with Crippen molar-refractivity contribution >= 4 is 13.8 Å². The first kappa shape index (κ1) is 14.2. The Labute approximate surface area is 88.8 Å². The Hall–Kier alpha value is -0.840. The highest BCUT2D eigenvalue weighted by Gasteiger charge is 2.23. The third-order valence-corrected chi connectivity index (χ3v) is 2.66. The average molecular weight is 238 g/mol. The maximum atomic E-state index is 11.4. The molecule has 0 heterocycles. The first-order valence-corrected chi connectivity index (χ1v) is 5.69. The highest BCUT2D eigenvalue weighted by atomic mass is 31.2. The van der Waals surface area contributed by atoms with E-state index in [0.29, 0.717) is 0 Å². The largest absolute Gasteiger partial charge is 0.528 e.